The summed E-state index contributed by atoms with van der Waals surface area (Å²) in [4.78, 5) is 6.24. The Morgan fingerprint density at radius 1 is 1.16 bits per heavy atom. The van der Waals surface area contributed by atoms with Crippen molar-refractivity contribution < 1.29 is 4.39 Å². The van der Waals surface area contributed by atoms with Gasteiger partial charge in [-0.2, -0.15) is 0 Å². The molecule has 0 amide bonds. The molecule has 1 aromatic rings. The average molecular weight is 252 g/mol. The van der Waals surface area contributed by atoms with Crippen molar-refractivity contribution in [1.82, 2.24) is 4.90 Å². The van der Waals surface area contributed by atoms with Crippen molar-refractivity contribution in [1.29, 1.82) is 0 Å². The van der Waals surface area contributed by atoms with Crippen molar-refractivity contribution in [3.05, 3.63) is 71.9 Å². The molecule has 0 aromatic heterocycles. The molecule has 2 nitrogen and oxygen atoms in total. The summed E-state index contributed by atoms with van der Waals surface area (Å²) in [7, 11) is 1.98. The number of halogens is 1. The van der Waals surface area contributed by atoms with E-state index in [4.69, 9.17) is 0 Å². The maximum atomic E-state index is 13.2. The van der Waals surface area contributed by atoms with E-state index in [2.05, 4.69) is 4.99 Å². The maximum Gasteiger partial charge on any atom is 0.123 e. The molecule has 3 heteroatoms. The number of rotatable bonds is 1. The van der Waals surface area contributed by atoms with Crippen molar-refractivity contribution in [2.75, 3.05) is 7.05 Å². The number of nitrogens with zero attached hydrogens (tertiary/aromatic N) is 2. The van der Waals surface area contributed by atoms with Crippen LogP contribution in [0.1, 0.15) is 5.56 Å². The monoisotopic (exact) mass is 252 g/mol. The van der Waals surface area contributed by atoms with E-state index in [1.165, 1.54) is 12.1 Å². The van der Waals surface area contributed by atoms with Gasteiger partial charge in [0.05, 0.1) is 5.69 Å². The van der Waals surface area contributed by atoms with E-state index < -0.39 is 0 Å². The summed E-state index contributed by atoms with van der Waals surface area (Å²) in [6, 6.07) is 4.65. The average Bonchev–Trinajstić information content (AvgIpc) is 2.80. The first-order valence-electron chi connectivity index (χ1n) is 6.07. The topological polar surface area (TPSA) is 15.6 Å². The van der Waals surface area contributed by atoms with E-state index in [-0.39, 0.29) is 5.82 Å². The Bertz CT molecular complexity index is 647. The quantitative estimate of drug-likeness (QED) is 0.741. The Morgan fingerprint density at radius 3 is 2.74 bits per heavy atom. The van der Waals surface area contributed by atoms with Crippen molar-refractivity contribution in [2.24, 2.45) is 4.99 Å². The Labute approximate surface area is 111 Å². The largest absolute Gasteiger partial charge is 0.357 e. The van der Waals surface area contributed by atoms with Crippen LogP contribution in [0.2, 0.25) is 0 Å². The predicted octanol–water partition coefficient (Wildman–Crippen LogP) is 3.82. The third kappa shape index (κ3) is 2.40. The van der Waals surface area contributed by atoms with E-state index in [1.54, 1.807) is 12.3 Å². The molecule has 0 bridgehead atoms. The number of benzene rings is 1. The van der Waals surface area contributed by atoms with Crippen LogP contribution >= 0.6 is 0 Å². The lowest BCUT2D eigenvalue weighted by Crippen LogP contribution is -2.02. The molecule has 0 unspecified atom stereocenters. The molecule has 3 rings (SSSR count). The second-order valence-corrected chi connectivity index (χ2v) is 4.51. The summed E-state index contributed by atoms with van der Waals surface area (Å²) in [6.45, 7) is 0. The van der Waals surface area contributed by atoms with Crippen LogP contribution in [0.15, 0.2) is 65.5 Å². The van der Waals surface area contributed by atoms with Gasteiger partial charge in [0, 0.05) is 36.8 Å². The minimum atomic E-state index is -0.234. The Balaban J connectivity index is 1.90. The first-order valence-corrected chi connectivity index (χ1v) is 6.07. The summed E-state index contributed by atoms with van der Waals surface area (Å²) < 4.78 is 13.2. The molecule has 0 fully saturated rings. The second kappa shape index (κ2) is 4.69. The molecule has 0 radical (unpaired) electrons. The highest BCUT2D eigenvalue weighted by Crippen LogP contribution is 2.31. The van der Waals surface area contributed by atoms with Gasteiger partial charge in [0.1, 0.15) is 5.82 Å². The highest BCUT2D eigenvalue weighted by atomic mass is 19.1. The van der Waals surface area contributed by atoms with Crippen LogP contribution in [0, 0.1) is 5.82 Å². The normalized spacial score (nSPS) is 18.3. The van der Waals surface area contributed by atoms with Gasteiger partial charge in [-0.15, -0.1) is 0 Å². The smallest absolute Gasteiger partial charge is 0.123 e. The molecular formula is C16H13FN2. The first kappa shape index (κ1) is 11.7. The minimum absolute atomic E-state index is 0.234. The third-order valence-corrected chi connectivity index (χ3v) is 3.07. The van der Waals surface area contributed by atoms with Gasteiger partial charge in [-0.3, -0.25) is 4.99 Å². The number of hydrogen-bond acceptors (Lipinski definition) is 2. The van der Waals surface area contributed by atoms with Crippen LogP contribution in [0.4, 0.5) is 10.1 Å². The van der Waals surface area contributed by atoms with Crippen LogP contribution in [0.25, 0.3) is 5.57 Å². The summed E-state index contributed by atoms with van der Waals surface area (Å²) in [5.41, 5.74) is 3.70. The van der Waals surface area contributed by atoms with Crippen LogP contribution in [0.3, 0.4) is 0 Å². The summed E-state index contributed by atoms with van der Waals surface area (Å²) in [5, 5.41) is 0. The van der Waals surface area contributed by atoms with Crippen molar-refractivity contribution in [2.45, 2.75) is 0 Å². The van der Waals surface area contributed by atoms with Gasteiger partial charge in [-0.25, -0.2) is 4.39 Å². The molecule has 94 valence electrons. The molecule has 1 aromatic carbocycles. The first-order chi connectivity index (χ1) is 9.22. The zero-order valence-electron chi connectivity index (χ0n) is 10.5. The SMILES string of the molecule is CN1C=CC(=CC=C2C=Nc3ccc(F)cc32)C=C1. The number of hydrogen-bond donors (Lipinski definition) is 0. The van der Waals surface area contributed by atoms with Crippen molar-refractivity contribution >= 4 is 17.5 Å². The molecule has 19 heavy (non-hydrogen) atoms. The molecule has 0 N–H and O–H groups in total. The van der Waals surface area contributed by atoms with E-state index in [0.29, 0.717) is 0 Å². The molecule has 0 saturated carbocycles. The van der Waals surface area contributed by atoms with Gasteiger partial charge in [-0.05, 0) is 35.9 Å². The van der Waals surface area contributed by atoms with E-state index >= 15 is 0 Å². The lowest BCUT2D eigenvalue weighted by atomic mass is 10.1. The Morgan fingerprint density at radius 2 is 1.95 bits per heavy atom. The molecule has 0 aliphatic carbocycles. The summed E-state index contributed by atoms with van der Waals surface area (Å²) >= 11 is 0. The number of allylic oxidation sites excluding steroid dienone is 6. The highest BCUT2D eigenvalue weighted by molar-refractivity contribution is 6.16. The van der Waals surface area contributed by atoms with E-state index in [9.17, 15) is 4.39 Å². The van der Waals surface area contributed by atoms with Crippen LogP contribution in [0.5, 0.6) is 0 Å². The van der Waals surface area contributed by atoms with Gasteiger partial charge >= 0.3 is 0 Å². The summed E-state index contributed by atoms with van der Waals surface area (Å²) in [5.74, 6) is -0.234. The maximum absolute atomic E-state index is 13.2. The molecular weight excluding hydrogens is 239 g/mol. The van der Waals surface area contributed by atoms with Crippen LogP contribution < -0.4 is 0 Å². The molecule has 2 aliphatic heterocycles. The van der Waals surface area contributed by atoms with Gasteiger partial charge in [-0.1, -0.05) is 12.2 Å². The zero-order chi connectivity index (χ0) is 13.2. The van der Waals surface area contributed by atoms with Crippen LogP contribution in [-0.4, -0.2) is 18.2 Å². The predicted molar refractivity (Wildman–Crippen MR) is 76.7 cm³/mol. The third-order valence-electron chi connectivity index (χ3n) is 3.07. The fourth-order valence-electron chi connectivity index (χ4n) is 2.00. The lowest BCUT2D eigenvalue weighted by molar-refractivity contribution is 0.620. The standard InChI is InChI=1S/C16H13FN2/c1-19-8-6-12(7-9-19)2-3-13-11-18-16-5-4-14(17)10-15(13)16/h2-11H,1H3. The van der Waals surface area contributed by atoms with Gasteiger partial charge in [0.2, 0.25) is 0 Å². The lowest BCUT2D eigenvalue weighted by Gasteiger charge is -2.11. The molecule has 2 heterocycles. The fraction of sp³-hybridized carbons (Fsp3) is 0.0625. The summed E-state index contributed by atoms with van der Waals surface area (Å²) in [6.07, 6.45) is 13.8. The fourth-order valence-corrected chi connectivity index (χ4v) is 2.00. The molecule has 2 aliphatic rings. The molecule has 0 spiro atoms. The van der Waals surface area contributed by atoms with Gasteiger partial charge in [0.15, 0.2) is 0 Å². The molecule has 0 atom stereocenters. The Hall–Kier alpha value is -2.42. The Kier molecular flexibility index (Phi) is 2.88. The zero-order valence-corrected chi connectivity index (χ0v) is 10.5. The van der Waals surface area contributed by atoms with Gasteiger partial charge in [0.25, 0.3) is 0 Å². The number of aliphatic imine (C=N–C) groups is 1. The van der Waals surface area contributed by atoms with Crippen LogP contribution in [-0.2, 0) is 0 Å². The van der Waals surface area contributed by atoms with E-state index in [1.807, 2.05) is 48.7 Å². The minimum Gasteiger partial charge on any atom is -0.357 e. The van der Waals surface area contributed by atoms with Gasteiger partial charge < -0.3 is 4.90 Å². The highest BCUT2D eigenvalue weighted by Gasteiger charge is 2.11. The number of fused-ring (bicyclic) bond motifs is 1. The van der Waals surface area contributed by atoms with Crippen molar-refractivity contribution in [3.8, 4) is 0 Å². The second-order valence-electron chi connectivity index (χ2n) is 4.51. The van der Waals surface area contributed by atoms with E-state index in [0.717, 1.165) is 22.4 Å². The molecule has 0 saturated heterocycles. The van der Waals surface area contributed by atoms with Crippen molar-refractivity contribution in [3.63, 3.8) is 0 Å².